The van der Waals surface area contributed by atoms with Gasteiger partial charge in [0.25, 0.3) is 0 Å². The summed E-state index contributed by atoms with van der Waals surface area (Å²) in [7, 11) is 0. The highest BCUT2D eigenvalue weighted by Crippen LogP contribution is 2.31. The van der Waals surface area contributed by atoms with Crippen molar-refractivity contribution in [2.24, 2.45) is 0 Å². The van der Waals surface area contributed by atoms with Crippen LogP contribution in [-0.2, 0) is 0 Å². The van der Waals surface area contributed by atoms with Crippen LogP contribution in [0, 0.1) is 0 Å². The Morgan fingerprint density at radius 2 is 1.81 bits per heavy atom. The Labute approximate surface area is 149 Å². The van der Waals surface area contributed by atoms with Crippen LogP contribution in [0.4, 0.5) is 0 Å². The monoisotopic (exact) mass is 348 g/mol. The van der Waals surface area contributed by atoms with Crippen molar-refractivity contribution >= 4 is 11.0 Å². The summed E-state index contributed by atoms with van der Waals surface area (Å²) in [5, 5.41) is 19.4. The van der Waals surface area contributed by atoms with Crippen molar-refractivity contribution in [1.29, 1.82) is 0 Å². The molecule has 3 rings (SSSR count). The molecule has 0 saturated carbocycles. The lowest BCUT2D eigenvalue weighted by molar-refractivity contribution is 0.445. The number of hydrogen-bond donors (Lipinski definition) is 2. The molecule has 5 heteroatoms. The fraction of sp³-hybridized carbons (Fsp3) is 0. The lowest BCUT2D eigenvalue weighted by atomic mass is 10.1. The van der Waals surface area contributed by atoms with E-state index in [1.54, 1.807) is 42.5 Å². The predicted octanol–water partition coefficient (Wildman–Crippen LogP) is 4.51. The van der Waals surface area contributed by atoms with Crippen molar-refractivity contribution in [3.05, 3.63) is 89.8 Å². The van der Waals surface area contributed by atoms with E-state index in [1.807, 2.05) is 0 Å². The zero-order valence-electron chi connectivity index (χ0n) is 13.8. The summed E-state index contributed by atoms with van der Waals surface area (Å²) >= 11 is 0. The first-order chi connectivity index (χ1) is 12.5. The fourth-order valence-electron chi connectivity index (χ4n) is 2.48. The van der Waals surface area contributed by atoms with E-state index in [4.69, 9.17) is 9.15 Å². The SMILES string of the molecule is C=C/C=C(\C=C)Oc1ccc(-c2cc(=O)c3c(O)cc(O)cc3o2)cc1. The molecule has 0 saturated heterocycles. The molecule has 130 valence electrons. The maximum absolute atomic E-state index is 12.3. The van der Waals surface area contributed by atoms with Crippen LogP contribution in [0.1, 0.15) is 0 Å². The minimum atomic E-state index is -0.401. The Hall–Kier alpha value is -3.73. The highest BCUT2D eigenvalue weighted by atomic mass is 16.5. The van der Waals surface area contributed by atoms with E-state index in [9.17, 15) is 15.0 Å². The van der Waals surface area contributed by atoms with Gasteiger partial charge in [-0.05, 0) is 36.4 Å². The third kappa shape index (κ3) is 3.37. The zero-order valence-corrected chi connectivity index (χ0v) is 13.8. The second kappa shape index (κ2) is 7.03. The van der Waals surface area contributed by atoms with Gasteiger partial charge in [-0.25, -0.2) is 0 Å². The average molecular weight is 348 g/mol. The molecule has 2 aromatic carbocycles. The van der Waals surface area contributed by atoms with Crippen molar-refractivity contribution < 1.29 is 19.4 Å². The number of phenolic OH excluding ortho intramolecular Hbond substituents is 2. The molecule has 26 heavy (non-hydrogen) atoms. The van der Waals surface area contributed by atoms with Gasteiger partial charge in [-0.1, -0.05) is 19.2 Å². The van der Waals surface area contributed by atoms with Crippen LogP contribution in [0.15, 0.2) is 88.8 Å². The van der Waals surface area contributed by atoms with Crippen LogP contribution in [0.5, 0.6) is 17.2 Å². The summed E-state index contributed by atoms with van der Waals surface area (Å²) in [6.45, 7) is 7.27. The summed E-state index contributed by atoms with van der Waals surface area (Å²) in [4.78, 5) is 12.3. The summed E-state index contributed by atoms with van der Waals surface area (Å²) in [6, 6.07) is 10.6. The lowest BCUT2D eigenvalue weighted by Crippen LogP contribution is -2.00. The molecule has 0 fully saturated rings. The minimum absolute atomic E-state index is 0.0247. The van der Waals surface area contributed by atoms with E-state index >= 15 is 0 Å². The molecule has 0 amide bonds. The van der Waals surface area contributed by atoms with Gasteiger partial charge in [0.05, 0.1) is 0 Å². The molecule has 3 aromatic rings. The maximum atomic E-state index is 12.3. The van der Waals surface area contributed by atoms with Crippen molar-refractivity contribution in [2.75, 3.05) is 0 Å². The van der Waals surface area contributed by atoms with Crippen LogP contribution in [0.3, 0.4) is 0 Å². The predicted molar refractivity (Wildman–Crippen MR) is 100 cm³/mol. The van der Waals surface area contributed by atoms with E-state index in [1.165, 1.54) is 12.1 Å². The highest BCUT2D eigenvalue weighted by Gasteiger charge is 2.12. The third-order valence-corrected chi connectivity index (χ3v) is 3.65. The van der Waals surface area contributed by atoms with Crippen LogP contribution < -0.4 is 10.2 Å². The normalized spacial score (nSPS) is 11.3. The molecule has 1 aromatic heterocycles. The minimum Gasteiger partial charge on any atom is -0.508 e. The van der Waals surface area contributed by atoms with Gasteiger partial charge >= 0.3 is 0 Å². The molecule has 0 unspecified atom stereocenters. The first kappa shape index (κ1) is 17.1. The summed E-state index contributed by atoms with van der Waals surface area (Å²) in [6.07, 6.45) is 4.85. The van der Waals surface area contributed by atoms with Crippen LogP contribution in [0.2, 0.25) is 0 Å². The first-order valence-electron chi connectivity index (χ1n) is 7.75. The Bertz CT molecular complexity index is 1070. The van der Waals surface area contributed by atoms with E-state index in [0.29, 0.717) is 22.8 Å². The van der Waals surface area contributed by atoms with Gasteiger partial charge < -0.3 is 19.4 Å². The molecule has 0 aliphatic carbocycles. The fourth-order valence-corrected chi connectivity index (χ4v) is 2.48. The Morgan fingerprint density at radius 1 is 1.08 bits per heavy atom. The first-order valence-corrected chi connectivity index (χ1v) is 7.75. The van der Waals surface area contributed by atoms with Crippen molar-refractivity contribution in [1.82, 2.24) is 0 Å². The van der Waals surface area contributed by atoms with Crippen LogP contribution in [0.25, 0.3) is 22.3 Å². The van der Waals surface area contributed by atoms with E-state index in [-0.39, 0.29) is 22.5 Å². The van der Waals surface area contributed by atoms with Crippen LogP contribution in [-0.4, -0.2) is 10.2 Å². The summed E-state index contributed by atoms with van der Waals surface area (Å²) in [5.74, 6) is 0.931. The number of phenols is 2. The summed E-state index contributed by atoms with van der Waals surface area (Å²) < 4.78 is 11.3. The van der Waals surface area contributed by atoms with Gasteiger partial charge in [-0.3, -0.25) is 4.79 Å². The molecular formula is C21H16O5. The standard InChI is InChI=1S/C21H16O5/c1-3-5-15(4-2)25-16-8-6-13(7-9-16)19-12-18(24)21-17(23)10-14(22)11-20(21)26-19/h3-12,22-23H,1-2H2/b15-5+. The van der Waals surface area contributed by atoms with Gasteiger partial charge in [-0.2, -0.15) is 0 Å². The second-order valence-corrected chi connectivity index (χ2v) is 5.45. The van der Waals surface area contributed by atoms with Crippen molar-refractivity contribution in [3.8, 4) is 28.6 Å². The number of aromatic hydroxyl groups is 2. The molecule has 0 aliphatic rings. The number of fused-ring (bicyclic) bond motifs is 1. The second-order valence-electron chi connectivity index (χ2n) is 5.45. The number of rotatable bonds is 5. The average Bonchev–Trinajstić information content (AvgIpc) is 2.61. The topological polar surface area (TPSA) is 79.9 Å². The smallest absolute Gasteiger partial charge is 0.197 e. The van der Waals surface area contributed by atoms with Gasteiger partial charge in [0.15, 0.2) is 5.43 Å². The van der Waals surface area contributed by atoms with Gasteiger partial charge in [-0.15, -0.1) is 0 Å². The largest absolute Gasteiger partial charge is 0.508 e. The van der Waals surface area contributed by atoms with Crippen molar-refractivity contribution in [2.45, 2.75) is 0 Å². The van der Waals surface area contributed by atoms with Gasteiger partial charge in [0, 0.05) is 23.8 Å². The molecule has 5 nitrogen and oxygen atoms in total. The Balaban J connectivity index is 1.99. The quantitative estimate of drug-likeness (QED) is 0.524. The van der Waals surface area contributed by atoms with Gasteiger partial charge in [0.1, 0.15) is 39.7 Å². The maximum Gasteiger partial charge on any atom is 0.197 e. The highest BCUT2D eigenvalue weighted by molar-refractivity contribution is 5.86. The molecule has 2 N–H and O–H groups in total. The molecule has 0 spiro atoms. The van der Waals surface area contributed by atoms with E-state index < -0.39 is 5.43 Å². The number of allylic oxidation sites excluding steroid dienone is 3. The van der Waals surface area contributed by atoms with Gasteiger partial charge in [0.2, 0.25) is 0 Å². The molecule has 0 aliphatic heterocycles. The number of ether oxygens (including phenoxy) is 1. The zero-order chi connectivity index (χ0) is 18.7. The molecule has 0 atom stereocenters. The third-order valence-electron chi connectivity index (χ3n) is 3.65. The Morgan fingerprint density at radius 3 is 2.46 bits per heavy atom. The van der Waals surface area contributed by atoms with Crippen molar-refractivity contribution in [3.63, 3.8) is 0 Å². The van der Waals surface area contributed by atoms with E-state index in [2.05, 4.69) is 13.2 Å². The number of hydrogen-bond acceptors (Lipinski definition) is 5. The summed E-state index contributed by atoms with van der Waals surface area (Å²) in [5.41, 5.74) is 0.349. The Kier molecular flexibility index (Phi) is 4.62. The van der Waals surface area contributed by atoms with Crippen LogP contribution >= 0.6 is 0 Å². The van der Waals surface area contributed by atoms with E-state index in [0.717, 1.165) is 6.07 Å². The molecular weight excluding hydrogens is 332 g/mol. The molecule has 0 bridgehead atoms. The molecule has 1 heterocycles. The molecule has 0 radical (unpaired) electrons. The lowest BCUT2D eigenvalue weighted by Gasteiger charge is -2.08. The number of benzene rings is 2.